The molecule has 0 radical (unpaired) electrons. The summed E-state index contributed by atoms with van der Waals surface area (Å²) < 4.78 is 0. The molecule has 20 heavy (non-hydrogen) atoms. The van der Waals surface area contributed by atoms with Gasteiger partial charge in [0.05, 0.1) is 5.69 Å². The second kappa shape index (κ2) is 5.91. The first kappa shape index (κ1) is 13.7. The van der Waals surface area contributed by atoms with Crippen LogP contribution in [-0.2, 0) is 6.42 Å². The zero-order chi connectivity index (χ0) is 14.5. The van der Waals surface area contributed by atoms with Gasteiger partial charge < -0.3 is 25.7 Å². The number of urea groups is 1. The average molecular weight is 277 g/mol. The van der Waals surface area contributed by atoms with Gasteiger partial charge in [0.15, 0.2) is 0 Å². The number of anilines is 1. The molecule has 0 spiro atoms. The minimum atomic E-state index is -1.12. The first-order valence-electron chi connectivity index (χ1n) is 6.02. The van der Waals surface area contributed by atoms with Gasteiger partial charge in [0, 0.05) is 31.1 Å². The fourth-order valence-corrected chi connectivity index (χ4v) is 1.75. The molecule has 2 aromatic heterocycles. The number of aromatic carboxylic acids is 1. The van der Waals surface area contributed by atoms with Crippen molar-refractivity contribution in [2.45, 2.75) is 13.3 Å². The van der Waals surface area contributed by atoms with Crippen molar-refractivity contribution >= 4 is 17.7 Å². The first-order chi connectivity index (χ1) is 9.56. The number of aromatic nitrogens is 3. The molecule has 5 N–H and O–H groups in total. The van der Waals surface area contributed by atoms with E-state index in [-0.39, 0.29) is 11.4 Å². The maximum absolute atomic E-state index is 11.7. The number of rotatable bonds is 5. The average Bonchev–Trinajstić information content (AvgIpc) is 2.99. The van der Waals surface area contributed by atoms with Crippen LogP contribution in [0.2, 0.25) is 0 Å². The fraction of sp³-hybridized carbons (Fsp3) is 0.250. The van der Waals surface area contributed by atoms with Crippen LogP contribution in [0.3, 0.4) is 0 Å². The maximum atomic E-state index is 11.7. The highest BCUT2D eigenvalue weighted by molar-refractivity contribution is 5.99. The summed E-state index contributed by atoms with van der Waals surface area (Å²) in [5.41, 5.74) is 0.863. The van der Waals surface area contributed by atoms with Crippen LogP contribution in [0.15, 0.2) is 18.5 Å². The Hall–Kier alpha value is -2.77. The van der Waals surface area contributed by atoms with E-state index in [0.717, 1.165) is 5.82 Å². The Balaban J connectivity index is 1.86. The number of carbonyl (C=O) groups excluding carboxylic acids is 1. The number of hydrogen-bond acceptors (Lipinski definition) is 3. The lowest BCUT2D eigenvalue weighted by Gasteiger charge is -2.06. The molecule has 0 saturated carbocycles. The van der Waals surface area contributed by atoms with Crippen LogP contribution in [0.5, 0.6) is 0 Å². The van der Waals surface area contributed by atoms with Crippen LogP contribution >= 0.6 is 0 Å². The van der Waals surface area contributed by atoms with Crippen LogP contribution in [0.25, 0.3) is 0 Å². The molecule has 2 amide bonds. The van der Waals surface area contributed by atoms with E-state index < -0.39 is 12.0 Å². The van der Waals surface area contributed by atoms with E-state index in [1.165, 1.54) is 0 Å². The molecule has 2 aromatic rings. The zero-order valence-electron chi connectivity index (χ0n) is 10.9. The van der Waals surface area contributed by atoms with E-state index in [2.05, 4.69) is 25.6 Å². The predicted octanol–water partition coefficient (Wildman–Crippen LogP) is 1.11. The van der Waals surface area contributed by atoms with Gasteiger partial charge >= 0.3 is 12.0 Å². The number of hydrogen-bond donors (Lipinski definition) is 5. The van der Waals surface area contributed by atoms with Crippen molar-refractivity contribution in [1.29, 1.82) is 0 Å². The molecule has 0 bridgehead atoms. The standard InChI is InChI=1S/C12H15N5O3/c1-7-6-8(10(16-7)11(18)19)17-12(20)15-3-2-9-13-4-5-14-9/h4-6,16H,2-3H2,1H3,(H,13,14)(H,18,19)(H2,15,17,20). The third-order valence-electron chi connectivity index (χ3n) is 2.62. The highest BCUT2D eigenvalue weighted by Crippen LogP contribution is 2.16. The highest BCUT2D eigenvalue weighted by atomic mass is 16.4. The smallest absolute Gasteiger partial charge is 0.354 e. The van der Waals surface area contributed by atoms with Gasteiger partial charge in [-0.3, -0.25) is 0 Å². The number of aromatic amines is 2. The normalized spacial score (nSPS) is 10.2. The summed E-state index contributed by atoms with van der Waals surface area (Å²) in [4.78, 5) is 32.3. The van der Waals surface area contributed by atoms with Crippen molar-refractivity contribution in [3.8, 4) is 0 Å². The maximum Gasteiger partial charge on any atom is 0.354 e. The number of nitrogens with one attached hydrogen (secondary N) is 4. The van der Waals surface area contributed by atoms with Crippen molar-refractivity contribution in [3.05, 3.63) is 35.7 Å². The Labute approximate surface area is 114 Å². The Morgan fingerprint density at radius 3 is 2.90 bits per heavy atom. The molecule has 8 nitrogen and oxygen atoms in total. The number of amides is 2. The van der Waals surface area contributed by atoms with E-state index in [1.807, 2.05) is 0 Å². The van der Waals surface area contributed by atoms with Gasteiger partial charge in [-0.25, -0.2) is 14.6 Å². The molecule has 0 fully saturated rings. The van der Waals surface area contributed by atoms with Crippen molar-refractivity contribution in [1.82, 2.24) is 20.3 Å². The molecule has 0 aliphatic heterocycles. The second-order valence-corrected chi connectivity index (χ2v) is 4.21. The highest BCUT2D eigenvalue weighted by Gasteiger charge is 2.15. The number of nitrogens with zero attached hydrogens (tertiary/aromatic N) is 1. The van der Waals surface area contributed by atoms with E-state index in [0.29, 0.717) is 18.7 Å². The summed E-state index contributed by atoms with van der Waals surface area (Å²) in [7, 11) is 0. The van der Waals surface area contributed by atoms with Crippen LogP contribution in [0.1, 0.15) is 22.0 Å². The lowest BCUT2D eigenvalue weighted by Crippen LogP contribution is -2.31. The van der Waals surface area contributed by atoms with Gasteiger partial charge in [0.2, 0.25) is 0 Å². The Morgan fingerprint density at radius 2 is 2.25 bits per heavy atom. The van der Waals surface area contributed by atoms with E-state index in [1.54, 1.807) is 25.4 Å². The number of carbonyl (C=O) groups is 2. The number of imidazole rings is 1. The second-order valence-electron chi connectivity index (χ2n) is 4.21. The molecule has 0 saturated heterocycles. The minimum absolute atomic E-state index is 0.0383. The van der Waals surface area contributed by atoms with Gasteiger partial charge in [-0.05, 0) is 13.0 Å². The number of aryl methyl sites for hydroxylation is 1. The molecule has 0 aliphatic rings. The molecule has 2 rings (SSSR count). The molecule has 8 heteroatoms. The predicted molar refractivity (Wildman–Crippen MR) is 71.8 cm³/mol. The van der Waals surface area contributed by atoms with Gasteiger partial charge in [-0.2, -0.15) is 0 Å². The zero-order valence-corrected chi connectivity index (χ0v) is 10.9. The van der Waals surface area contributed by atoms with Crippen molar-refractivity contribution in [2.24, 2.45) is 0 Å². The van der Waals surface area contributed by atoms with Crippen molar-refractivity contribution in [3.63, 3.8) is 0 Å². The van der Waals surface area contributed by atoms with Crippen LogP contribution < -0.4 is 10.6 Å². The molecule has 0 atom stereocenters. The molecule has 2 heterocycles. The van der Waals surface area contributed by atoms with E-state index in [9.17, 15) is 9.59 Å². The number of H-pyrrole nitrogens is 2. The summed E-state index contributed by atoms with van der Waals surface area (Å²) in [6.45, 7) is 2.11. The van der Waals surface area contributed by atoms with E-state index in [4.69, 9.17) is 5.11 Å². The van der Waals surface area contributed by atoms with Gasteiger partial charge in [-0.15, -0.1) is 0 Å². The largest absolute Gasteiger partial charge is 0.477 e. The Kier molecular flexibility index (Phi) is 4.04. The summed E-state index contributed by atoms with van der Waals surface area (Å²) in [5, 5.41) is 14.1. The van der Waals surface area contributed by atoms with Gasteiger partial charge in [0.1, 0.15) is 11.5 Å². The molecule has 106 valence electrons. The molecule has 0 aliphatic carbocycles. The van der Waals surface area contributed by atoms with E-state index >= 15 is 0 Å². The van der Waals surface area contributed by atoms with Crippen molar-refractivity contribution < 1.29 is 14.7 Å². The summed E-state index contributed by atoms with van der Waals surface area (Å²) >= 11 is 0. The van der Waals surface area contributed by atoms with Crippen LogP contribution in [0.4, 0.5) is 10.5 Å². The third kappa shape index (κ3) is 3.37. The number of carboxylic acid groups (broad SMARTS) is 1. The number of carboxylic acids is 1. The van der Waals surface area contributed by atoms with Gasteiger partial charge in [-0.1, -0.05) is 0 Å². The Bertz CT molecular complexity index is 603. The third-order valence-corrected chi connectivity index (χ3v) is 2.62. The van der Waals surface area contributed by atoms with Crippen LogP contribution in [0, 0.1) is 6.92 Å². The monoisotopic (exact) mass is 277 g/mol. The lowest BCUT2D eigenvalue weighted by atomic mass is 10.3. The lowest BCUT2D eigenvalue weighted by molar-refractivity contribution is 0.0692. The molecule has 0 unspecified atom stereocenters. The quantitative estimate of drug-likeness (QED) is 0.561. The Morgan fingerprint density at radius 1 is 1.45 bits per heavy atom. The van der Waals surface area contributed by atoms with Crippen molar-refractivity contribution in [2.75, 3.05) is 11.9 Å². The SMILES string of the molecule is Cc1cc(NC(=O)NCCc2ncc[nH]2)c(C(=O)O)[nH]1. The summed E-state index contributed by atoms with van der Waals surface area (Å²) in [5.74, 6) is -0.349. The summed E-state index contributed by atoms with van der Waals surface area (Å²) in [6, 6.07) is 1.10. The molecular formula is C12H15N5O3. The first-order valence-corrected chi connectivity index (χ1v) is 6.02. The fourth-order valence-electron chi connectivity index (χ4n) is 1.75. The summed E-state index contributed by atoms with van der Waals surface area (Å²) in [6.07, 6.45) is 3.91. The minimum Gasteiger partial charge on any atom is -0.477 e. The topological polar surface area (TPSA) is 123 Å². The molecule has 0 aromatic carbocycles. The molecular weight excluding hydrogens is 262 g/mol. The van der Waals surface area contributed by atoms with Crippen LogP contribution in [-0.4, -0.2) is 38.6 Å². The van der Waals surface area contributed by atoms with Gasteiger partial charge in [0.25, 0.3) is 0 Å².